The van der Waals surface area contributed by atoms with Gasteiger partial charge in [-0.05, 0) is 47.5 Å². The van der Waals surface area contributed by atoms with Gasteiger partial charge in [0, 0.05) is 25.2 Å². The van der Waals surface area contributed by atoms with E-state index in [1.807, 2.05) is 48.5 Å². The van der Waals surface area contributed by atoms with Crippen LogP contribution in [0.5, 0.6) is 11.5 Å². The predicted octanol–water partition coefficient (Wildman–Crippen LogP) is 5.86. The monoisotopic (exact) mass is 652 g/mol. The largest absolute Gasteiger partial charge is 0.490 e. The minimum absolute atomic E-state index is 0.0224. The zero-order valence-electron chi connectivity index (χ0n) is 26.6. The smallest absolute Gasteiger partial charge is 0.322 e. The summed E-state index contributed by atoms with van der Waals surface area (Å²) in [5.41, 5.74) is 0.911. The third-order valence-corrected chi connectivity index (χ3v) is 8.87. The topological polar surface area (TPSA) is 169 Å². The van der Waals surface area contributed by atoms with E-state index in [-0.39, 0.29) is 36.0 Å². The molecule has 0 fully saturated rings. The van der Waals surface area contributed by atoms with Crippen LogP contribution in [0.4, 0.5) is 9.59 Å². The van der Waals surface area contributed by atoms with Crippen LogP contribution in [-0.4, -0.2) is 59.0 Å². The third kappa shape index (κ3) is 5.46. The van der Waals surface area contributed by atoms with Gasteiger partial charge < -0.3 is 20.1 Å². The normalized spacial score (nSPS) is 18.2. The van der Waals surface area contributed by atoms with Gasteiger partial charge in [0.15, 0.2) is 12.1 Å². The molecule has 0 saturated carbocycles. The van der Waals surface area contributed by atoms with Crippen molar-refractivity contribution in [2.24, 2.45) is 0 Å². The number of nitro groups is 2. The second-order valence-corrected chi connectivity index (χ2v) is 11.4. The summed E-state index contributed by atoms with van der Waals surface area (Å²) in [6.07, 6.45) is 0. The van der Waals surface area contributed by atoms with E-state index in [1.165, 1.54) is 37.7 Å². The second-order valence-electron chi connectivity index (χ2n) is 11.4. The van der Waals surface area contributed by atoms with Crippen LogP contribution in [0, 0.1) is 20.2 Å². The van der Waals surface area contributed by atoms with Crippen molar-refractivity contribution in [3.8, 4) is 11.5 Å². The first-order valence-corrected chi connectivity index (χ1v) is 15.1. The van der Waals surface area contributed by atoms with E-state index in [0.29, 0.717) is 33.4 Å². The van der Waals surface area contributed by atoms with Crippen molar-refractivity contribution >= 4 is 33.6 Å². The van der Waals surface area contributed by atoms with Gasteiger partial charge in [-0.15, -0.1) is 0 Å². The van der Waals surface area contributed by atoms with Crippen molar-refractivity contribution in [3.63, 3.8) is 0 Å². The Bertz CT molecular complexity index is 1930. The fourth-order valence-electron chi connectivity index (χ4n) is 6.24. The zero-order chi connectivity index (χ0) is 34.3. The quantitative estimate of drug-likeness (QED) is 0.129. The molecule has 2 unspecified atom stereocenters. The van der Waals surface area contributed by atoms with Crippen LogP contribution in [-0.2, 0) is 0 Å². The van der Waals surface area contributed by atoms with Gasteiger partial charge >= 0.3 is 12.1 Å². The van der Waals surface area contributed by atoms with E-state index < -0.39 is 34.0 Å². The molecule has 4 aromatic rings. The Morgan fingerprint density at radius 1 is 0.646 bits per heavy atom. The number of rotatable bonds is 9. The number of hydrogen-bond donors (Lipinski definition) is 2. The second kappa shape index (κ2) is 12.5. The average Bonchev–Trinajstić information content (AvgIpc) is 3.06. The Kier molecular flexibility index (Phi) is 8.31. The Labute approximate surface area is 274 Å². The van der Waals surface area contributed by atoms with Gasteiger partial charge in [-0.25, -0.2) is 9.59 Å². The van der Waals surface area contributed by atoms with Crippen molar-refractivity contribution in [2.75, 3.05) is 27.3 Å². The minimum Gasteiger partial charge on any atom is -0.490 e. The molecule has 2 aliphatic heterocycles. The molecule has 246 valence electrons. The Balaban J connectivity index is 1.34. The molecule has 2 atom stereocenters. The summed E-state index contributed by atoms with van der Waals surface area (Å²) < 4.78 is 12.4. The van der Waals surface area contributed by atoms with Crippen LogP contribution in [0.3, 0.4) is 0 Å². The minimum atomic E-state index is -1.10. The van der Waals surface area contributed by atoms with Gasteiger partial charge in [0.25, 0.3) is 11.4 Å². The molecule has 14 nitrogen and oxygen atoms in total. The summed E-state index contributed by atoms with van der Waals surface area (Å²) >= 11 is 0. The molecular weight excluding hydrogens is 620 g/mol. The molecule has 0 saturated heterocycles. The van der Waals surface area contributed by atoms with Crippen LogP contribution in [0.25, 0.3) is 21.5 Å². The third-order valence-electron chi connectivity index (χ3n) is 8.87. The fraction of sp³-hybridized carbons (Fsp3) is 0.235. The maximum atomic E-state index is 12.8. The first-order valence-electron chi connectivity index (χ1n) is 15.1. The lowest BCUT2D eigenvalue weighted by Crippen LogP contribution is -2.46. The maximum absolute atomic E-state index is 12.8. The summed E-state index contributed by atoms with van der Waals surface area (Å²) in [4.78, 5) is 51.6. The number of ether oxygens (including phenoxy) is 2. The number of urea groups is 2. The molecule has 0 bridgehead atoms. The van der Waals surface area contributed by atoms with Gasteiger partial charge in [0.1, 0.15) is 24.7 Å². The molecule has 2 N–H and O–H groups in total. The van der Waals surface area contributed by atoms with Crippen molar-refractivity contribution in [2.45, 2.75) is 25.9 Å². The number of allylic oxidation sites excluding steroid dienone is 2. The summed E-state index contributed by atoms with van der Waals surface area (Å²) in [7, 11) is 2.93. The highest BCUT2D eigenvalue weighted by Crippen LogP contribution is 2.41. The van der Waals surface area contributed by atoms with Crippen molar-refractivity contribution in [3.05, 3.63) is 127 Å². The van der Waals surface area contributed by atoms with Crippen molar-refractivity contribution in [1.29, 1.82) is 0 Å². The first kappa shape index (κ1) is 31.8. The first-order chi connectivity index (χ1) is 23.0. The molecule has 6 rings (SSSR count). The highest BCUT2D eigenvalue weighted by Gasteiger charge is 2.42. The van der Waals surface area contributed by atoms with Crippen molar-refractivity contribution in [1.82, 2.24) is 20.4 Å². The van der Waals surface area contributed by atoms with E-state index in [2.05, 4.69) is 10.6 Å². The van der Waals surface area contributed by atoms with E-state index >= 15 is 0 Å². The summed E-state index contributed by atoms with van der Waals surface area (Å²) in [6.45, 7) is 3.01. The lowest BCUT2D eigenvalue weighted by molar-refractivity contribution is -0.433. The molecule has 0 spiro atoms. The number of nitrogens with one attached hydrogen (secondary N) is 2. The standard InChI is InChI=1S/C34H32N6O8/c1-19-31(39(43)44)29(35-33(41)37(19)3)27-23-11-7-5-9-21(23)13-15-25(27)47-17-18-48-26-16-14-22-10-6-8-12-24(22)28(26)30-32(40(45)46)20(2)38(4)34(42)36-30/h5-16,29-30H,17-18H2,1-4H3,(H,35,41)(H,36,42). The molecule has 2 aliphatic rings. The number of nitrogens with zero attached hydrogens (tertiary/aromatic N) is 4. The predicted molar refractivity (Wildman–Crippen MR) is 176 cm³/mol. The van der Waals surface area contributed by atoms with Crippen LogP contribution in [0.15, 0.2) is 95.6 Å². The van der Waals surface area contributed by atoms with Crippen LogP contribution >= 0.6 is 0 Å². The molecule has 0 radical (unpaired) electrons. The molecule has 4 aromatic carbocycles. The number of carbonyl (C=O) groups is 2. The molecule has 0 aromatic heterocycles. The molecule has 48 heavy (non-hydrogen) atoms. The van der Waals surface area contributed by atoms with Crippen molar-refractivity contribution < 1.29 is 28.9 Å². The Morgan fingerprint density at radius 3 is 1.40 bits per heavy atom. The van der Waals surface area contributed by atoms with Gasteiger partial charge in [-0.2, -0.15) is 0 Å². The molecule has 2 heterocycles. The average molecular weight is 653 g/mol. The van der Waals surface area contributed by atoms with Crippen LogP contribution in [0.2, 0.25) is 0 Å². The SMILES string of the molecule is CC1=C([N+](=O)[O-])C(c2c(OCCOc3ccc4ccccc4c3C3NC(=O)N(C)C(C)=C3[N+](=O)[O-])ccc3ccccc23)NC(=O)N1C. The summed E-state index contributed by atoms with van der Waals surface area (Å²) in [6, 6.07) is 18.5. The number of amides is 4. The number of benzene rings is 4. The van der Waals surface area contributed by atoms with E-state index in [4.69, 9.17) is 9.47 Å². The lowest BCUT2D eigenvalue weighted by Gasteiger charge is -2.31. The van der Waals surface area contributed by atoms with Crippen LogP contribution < -0.4 is 20.1 Å². The molecule has 14 heteroatoms. The van der Waals surface area contributed by atoms with Crippen LogP contribution in [0.1, 0.15) is 37.1 Å². The van der Waals surface area contributed by atoms with Gasteiger partial charge in [-0.1, -0.05) is 60.7 Å². The number of hydrogen-bond acceptors (Lipinski definition) is 8. The molecule has 0 aliphatic carbocycles. The Hall–Kier alpha value is -6.18. The molecule has 4 amide bonds. The van der Waals surface area contributed by atoms with E-state index in [1.54, 1.807) is 24.3 Å². The van der Waals surface area contributed by atoms with E-state index in [9.17, 15) is 29.8 Å². The van der Waals surface area contributed by atoms with Gasteiger partial charge in [0.05, 0.1) is 21.2 Å². The molecular formula is C34H32N6O8. The summed E-state index contributed by atoms with van der Waals surface area (Å²) in [5.74, 6) is 0.629. The highest BCUT2D eigenvalue weighted by atomic mass is 16.6. The number of carbonyl (C=O) groups excluding carboxylic acids is 2. The summed E-state index contributed by atoms with van der Waals surface area (Å²) in [5, 5.41) is 33.0. The zero-order valence-corrected chi connectivity index (χ0v) is 26.6. The maximum Gasteiger partial charge on any atom is 0.322 e. The lowest BCUT2D eigenvalue weighted by atomic mass is 9.93. The van der Waals surface area contributed by atoms with E-state index in [0.717, 1.165) is 10.8 Å². The number of fused-ring (bicyclic) bond motifs is 2. The Morgan fingerprint density at radius 2 is 1.02 bits per heavy atom. The van der Waals surface area contributed by atoms with Gasteiger partial charge in [0.2, 0.25) is 0 Å². The fourth-order valence-corrected chi connectivity index (χ4v) is 6.24. The van der Waals surface area contributed by atoms with Gasteiger partial charge in [-0.3, -0.25) is 30.0 Å². The highest BCUT2D eigenvalue weighted by molar-refractivity contribution is 5.91.